The van der Waals surface area contributed by atoms with E-state index in [1.54, 1.807) is 17.8 Å². The number of carbonyl (C=O) groups is 2. The largest absolute Gasteiger partial charge is 0.472 e. The smallest absolute Gasteiger partial charge is 0.254 e. The fourth-order valence-corrected chi connectivity index (χ4v) is 3.07. The van der Waals surface area contributed by atoms with Crippen molar-refractivity contribution in [2.24, 2.45) is 0 Å². The molecule has 2 aromatic rings. The molecule has 2 heterocycles. The average molecular weight is 326 g/mol. The van der Waals surface area contributed by atoms with Crippen LogP contribution in [-0.4, -0.2) is 34.3 Å². The summed E-state index contributed by atoms with van der Waals surface area (Å²) in [5, 5.41) is 13.6. The van der Waals surface area contributed by atoms with Gasteiger partial charge in [0.05, 0.1) is 11.8 Å². The molecular weight excluding hydrogens is 312 g/mol. The van der Waals surface area contributed by atoms with Crippen molar-refractivity contribution >= 4 is 40.0 Å². The van der Waals surface area contributed by atoms with Crippen LogP contribution in [0.3, 0.4) is 0 Å². The molecule has 0 aliphatic heterocycles. The lowest BCUT2D eigenvalue weighted by molar-refractivity contribution is -0.116. The van der Waals surface area contributed by atoms with Crippen LogP contribution in [0.15, 0.2) is 27.3 Å². The van der Waals surface area contributed by atoms with E-state index in [2.05, 4.69) is 20.8 Å². The summed E-state index contributed by atoms with van der Waals surface area (Å²) in [6.07, 6.45) is 2.94. The number of anilines is 1. The van der Waals surface area contributed by atoms with Gasteiger partial charge in [0.2, 0.25) is 11.0 Å². The van der Waals surface area contributed by atoms with Gasteiger partial charge in [0, 0.05) is 13.0 Å². The predicted molar refractivity (Wildman–Crippen MR) is 80.6 cm³/mol. The first-order chi connectivity index (χ1) is 10.2. The molecule has 0 fully saturated rings. The summed E-state index contributed by atoms with van der Waals surface area (Å²) in [7, 11) is 0. The zero-order valence-electron chi connectivity index (χ0n) is 11.3. The Labute approximate surface area is 129 Å². The number of nitrogens with zero attached hydrogens (tertiary/aromatic N) is 2. The molecule has 0 radical (unpaired) electrons. The molecular formula is C12H14N4O3S2. The minimum Gasteiger partial charge on any atom is -0.472 e. The van der Waals surface area contributed by atoms with Crippen LogP contribution in [0.5, 0.6) is 0 Å². The van der Waals surface area contributed by atoms with Crippen molar-refractivity contribution in [3.8, 4) is 0 Å². The van der Waals surface area contributed by atoms with Crippen molar-refractivity contribution in [1.29, 1.82) is 0 Å². The molecule has 0 aliphatic rings. The van der Waals surface area contributed by atoms with E-state index in [1.165, 1.54) is 23.9 Å². The summed E-state index contributed by atoms with van der Waals surface area (Å²) >= 11 is 2.90. The highest BCUT2D eigenvalue weighted by atomic mass is 32.2. The zero-order valence-corrected chi connectivity index (χ0v) is 12.9. The van der Waals surface area contributed by atoms with Crippen molar-refractivity contribution in [2.75, 3.05) is 17.6 Å². The van der Waals surface area contributed by atoms with Crippen LogP contribution in [0.1, 0.15) is 23.7 Å². The van der Waals surface area contributed by atoms with Crippen LogP contribution in [-0.2, 0) is 4.79 Å². The molecule has 21 heavy (non-hydrogen) atoms. The molecule has 0 aromatic carbocycles. The van der Waals surface area contributed by atoms with Gasteiger partial charge in [-0.25, -0.2) is 0 Å². The maximum atomic E-state index is 11.7. The first kappa shape index (κ1) is 15.5. The van der Waals surface area contributed by atoms with E-state index in [-0.39, 0.29) is 24.8 Å². The highest BCUT2D eigenvalue weighted by molar-refractivity contribution is 8.01. The highest BCUT2D eigenvalue weighted by Crippen LogP contribution is 2.24. The number of aromatic nitrogens is 2. The van der Waals surface area contributed by atoms with Gasteiger partial charge < -0.3 is 15.1 Å². The molecule has 7 nitrogen and oxygen atoms in total. The molecule has 0 bridgehead atoms. The molecule has 0 aliphatic carbocycles. The molecule has 0 saturated heterocycles. The molecule has 2 N–H and O–H groups in total. The van der Waals surface area contributed by atoms with Crippen LogP contribution in [0, 0.1) is 0 Å². The van der Waals surface area contributed by atoms with Gasteiger partial charge in [0.1, 0.15) is 6.26 Å². The number of rotatable bonds is 7. The Kier molecular flexibility index (Phi) is 5.76. The lowest BCUT2D eigenvalue weighted by Gasteiger charge is -2.03. The second-order valence-corrected chi connectivity index (χ2v) is 6.36. The second kappa shape index (κ2) is 7.79. The van der Waals surface area contributed by atoms with Crippen LogP contribution in [0.2, 0.25) is 0 Å². The van der Waals surface area contributed by atoms with Gasteiger partial charge in [0.25, 0.3) is 5.91 Å². The van der Waals surface area contributed by atoms with Gasteiger partial charge in [-0.15, -0.1) is 10.2 Å². The molecule has 0 saturated carbocycles. The molecule has 2 rings (SSSR count). The Hall–Kier alpha value is -1.87. The predicted octanol–water partition coefficient (Wildman–Crippen LogP) is 2.00. The van der Waals surface area contributed by atoms with Gasteiger partial charge in [-0.3, -0.25) is 9.59 Å². The second-order valence-electron chi connectivity index (χ2n) is 3.87. The quantitative estimate of drug-likeness (QED) is 0.596. The van der Waals surface area contributed by atoms with E-state index in [9.17, 15) is 9.59 Å². The number of amides is 2. The number of furan rings is 1. The molecule has 112 valence electrons. The zero-order chi connectivity index (χ0) is 15.1. The van der Waals surface area contributed by atoms with Crippen LogP contribution >= 0.6 is 23.1 Å². The minimum atomic E-state index is -0.269. The summed E-state index contributed by atoms with van der Waals surface area (Å²) in [5.74, 6) is 0.420. The minimum absolute atomic E-state index is 0.166. The molecule has 0 atom stereocenters. The van der Waals surface area contributed by atoms with E-state index in [0.29, 0.717) is 10.7 Å². The van der Waals surface area contributed by atoms with E-state index < -0.39 is 0 Å². The Bertz CT molecular complexity index is 597. The first-order valence-corrected chi connectivity index (χ1v) is 8.05. The summed E-state index contributed by atoms with van der Waals surface area (Å²) in [5.41, 5.74) is 0.431. The summed E-state index contributed by atoms with van der Waals surface area (Å²) in [4.78, 5) is 23.3. The highest BCUT2D eigenvalue weighted by Gasteiger charge is 2.10. The van der Waals surface area contributed by atoms with Crippen LogP contribution < -0.4 is 10.6 Å². The monoisotopic (exact) mass is 326 g/mol. The van der Waals surface area contributed by atoms with E-state index in [4.69, 9.17) is 4.42 Å². The number of nitrogens with one attached hydrogen (secondary N) is 2. The van der Waals surface area contributed by atoms with Crippen molar-refractivity contribution < 1.29 is 14.0 Å². The van der Waals surface area contributed by atoms with Crippen LogP contribution in [0.4, 0.5) is 5.13 Å². The van der Waals surface area contributed by atoms with Gasteiger partial charge in [-0.1, -0.05) is 30.0 Å². The molecule has 0 spiro atoms. The van der Waals surface area contributed by atoms with Crippen LogP contribution in [0.25, 0.3) is 0 Å². The molecule has 2 amide bonds. The summed E-state index contributed by atoms with van der Waals surface area (Å²) in [6.45, 7) is 2.26. The molecule has 9 heteroatoms. The van der Waals surface area contributed by atoms with Gasteiger partial charge in [0.15, 0.2) is 4.34 Å². The maximum absolute atomic E-state index is 11.7. The van der Waals surface area contributed by atoms with Crippen molar-refractivity contribution in [3.63, 3.8) is 0 Å². The summed E-state index contributed by atoms with van der Waals surface area (Å²) < 4.78 is 5.63. The van der Waals surface area contributed by atoms with Crippen molar-refractivity contribution in [1.82, 2.24) is 15.5 Å². The van der Waals surface area contributed by atoms with Crippen molar-refractivity contribution in [3.05, 3.63) is 24.2 Å². The van der Waals surface area contributed by atoms with E-state index in [1.807, 2.05) is 6.92 Å². The Morgan fingerprint density at radius 2 is 2.29 bits per heavy atom. The Morgan fingerprint density at radius 1 is 1.43 bits per heavy atom. The number of carbonyl (C=O) groups excluding carboxylic acids is 2. The number of hydrogen-bond acceptors (Lipinski definition) is 7. The van der Waals surface area contributed by atoms with Gasteiger partial charge in [-0.05, 0) is 11.8 Å². The SMILES string of the molecule is CCSc1nnc(NC(=O)CCNC(=O)c2ccoc2)s1. The standard InChI is InChI=1S/C12H14N4O3S2/c1-2-20-12-16-15-11(21-12)14-9(17)3-5-13-10(18)8-4-6-19-7-8/h4,6-7H,2-3,5H2,1H3,(H,13,18)(H,14,15,17). The van der Waals surface area contributed by atoms with Gasteiger partial charge >= 0.3 is 0 Å². The molecule has 2 aromatic heterocycles. The normalized spacial score (nSPS) is 10.3. The van der Waals surface area contributed by atoms with E-state index >= 15 is 0 Å². The maximum Gasteiger partial charge on any atom is 0.254 e. The lowest BCUT2D eigenvalue weighted by Crippen LogP contribution is -2.27. The van der Waals surface area contributed by atoms with Crippen molar-refractivity contribution in [2.45, 2.75) is 17.7 Å². The Morgan fingerprint density at radius 3 is 3.00 bits per heavy atom. The fraction of sp³-hybridized carbons (Fsp3) is 0.333. The topological polar surface area (TPSA) is 97.1 Å². The third-order valence-corrected chi connectivity index (χ3v) is 4.20. The Balaban J connectivity index is 1.70. The first-order valence-electron chi connectivity index (χ1n) is 6.25. The third kappa shape index (κ3) is 4.87. The average Bonchev–Trinajstić information content (AvgIpc) is 3.10. The fourth-order valence-electron chi connectivity index (χ4n) is 1.41. The number of hydrogen-bond donors (Lipinski definition) is 2. The lowest BCUT2D eigenvalue weighted by atomic mass is 10.3. The number of thioether (sulfide) groups is 1. The molecule has 0 unspecified atom stereocenters. The van der Waals surface area contributed by atoms with E-state index in [0.717, 1.165) is 10.1 Å². The van der Waals surface area contributed by atoms with Gasteiger partial charge in [-0.2, -0.15) is 0 Å². The third-order valence-electron chi connectivity index (χ3n) is 2.34. The summed E-state index contributed by atoms with van der Waals surface area (Å²) in [6, 6.07) is 1.56.